The van der Waals surface area contributed by atoms with E-state index in [2.05, 4.69) is 17.4 Å². The van der Waals surface area contributed by atoms with Crippen molar-refractivity contribution < 1.29 is 18.0 Å². The predicted octanol–water partition coefficient (Wildman–Crippen LogP) is 7.39. The Kier molecular flexibility index (Phi) is 10.2. The second-order valence-electron chi connectivity index (χ2n) is 14.7. The summed E-state index contributed by atoms with van der Waals surface area (Å²) in [5.41, 5.74) is 3.41. The van der Waals surface area contributed by atoms with Gasteiger partial charge in [0.15, 0.2) is 0 Å². The van der Waals surface area contributed by atoms with Crippen LogP contribution in [0.2, 0.25) is 10.0 Å². The highest BCUT2D eigenvalue weighted by molar-refractivity contribution is 7.92. The van der Waals surface area contributed by atoms with Crippen LogP contribution in [0.4, 0.5) is 5.69 Å². The Bertz CT molecular complexity index is 1710. The summed E-state index contributed by atoms with van der Waals surface area (Å²) in [5, 5.41) is 3.66. The van der Waals surface area contributed by atoms with E-state index in [0.717, 1.165) is 33.9 Å². The number of hydrogen-bond donors (Lipinski definition) is 1. The largest absolute Gasteiger partial charge is 0.352 e. The molecule has 10 heteroatoms. The Morgan fingerprint density at radius 2 is 1.46 bits per heavy atom. The van der Waals surface area contributed by atoms with Crippen molar-refractivity contribution in [3.63, 3.8) is 0 Å². The zero-order valence-corrected chi connectivity index (χ0v) is 30.2. The summed E-state index contributed by atoms with van der Waals surface area (Å²) in [6.45, 7) is 3.29. The molecule has 4 fully saturated rings. The van der Waals surface area contributed by atoms with Crippen LogP contribution in [0, 0.1) is 17.8 Å². The normalized spacial score (nSPS) is 23.6. The third-order valence-electron chi connectivity index (χ3n) is 10.5. The third kappa shape index (κ3) is 7.71. The number of amides is 2. The average molecular weight is 711 g/mol. The second kappa shape index (κ2) is 14.0. The first-order valence-corrected chi connectivity index (χ1v) is 19.6. The molecular weight excluding hydrogens is 665 g/mol. The Balaban J connectivity index is 1.31. The number of sulfonamides is 1. The molecule has 7 nitrogen and oxygen atoms in total. The molecule has 0 heterocycles. The lowest BCUT2D eigenvalue weighted by molar-refractivity contribution is -0.140. The topological polar surface area (TPSA) is 86.8 Å². The van der Waals surface area contributed by atoms with E-state index in [9.17, 15) is 18.0 Å². The maximum atomic E-state index is 14.4. The third-order valence-corrected chi connectivity index (χ3v) is 12.4. The van der Waals surface area contributed by atoms with Gasteiger partial charge in [0.25, 0.3) is 0 Å². The van der Waals surface area contributed by atoms with E-state index in [1.165, 1.54) is 49.0 Å². The van der Waals surface area contributed by atoms with E-state index in [0.29, 0.717) is 21.3 Å². The van der Waals surface area contributed by atoms with Crippen LogP contribution in [0.5, 0.6) is 0 Å². The lowest BCUT2D eigenvalue weighted by Gasteiger charge is -2.57. The molecule has 4 bridgehead atoms. The first kappa shape index (κ1) is 34.8. The lowest BCUT2D eigenvalue weighted by Crippen LogP contribution is -2.54. The zero-order chi connectivity index (χ0) is 34.2. The van der Waals surface area contributed by atoms with Crippen LogP contribution < -0.4 is 9.62 Å². The molecular formula is C38H45Cl2N3O4S. The number of benzene rings is 3. The number of nitrogens with one attached hydrogen (secondary N) is 1. The molecule has 1 unspecified atom stereocenters. The van der Waals surface area contributed by atoms with Crippen LogP contribution in [0.1, 0.15) is 69.1 Å². The molecule has 0 aromatic heterocycles. The summed E-state index contributed by atoms with van der Waals surface area (Å²) in [6.07, 6.45) is 9.02. The summed E-state index contributed by atoms with van der Waals surface area (Å²) < 4.78 is 27.8. The maximum absolute atomic E-state index is 14.4. The smallest absolute Gasteiger partial charge is 0.244 e. The Labute approximate surface area is 295 Å². The molecule has 4 saturated carbocycles. The van der Waals surface area contributed by atoms with E-state index in [1.807, 2.05) is 56.3 Å². The fourth-order valence-electron chi connectivity index (χ4n) is 8.83. The van der Waals surface area contributed by atoms with Crippen LogP contribution in [-0.4, -0.2) is 50.0 Å². The summed E-state index contributed by atoms with van der Waals surface area (Å²) in [7, 11) is -3.87. The van der Waals surface area contributed by atoms with Crippen LogP contribution in [0.3, 0.4) is 0 Å². The summed E-state index contributed by atoms with van der Waals surface area (Å²) in [4.78, 5) is 29.7. The molecule has 0 spiro atoms. The molecule has 256 valence electrons. The molecule has 7 rings (SSSR count). The van der Waals surface area contributed by atoms with Crippen molar-refractivity contribution in [1.82, 2.24) is 10.2 Å². The van der Waals surface area contributed by atoms with E-state index >= 15 is 0 Å². The first-order valence-electron chi connectivity index (χ1n) is 17.0. The van der Waals surface area contributed by atoms with Gasteiger partial charge in [0.2, 0.25) is 21.8 Å². The van der Waals surface area contributed by atoms with Gasteiger partial charge in [0, 0.05) is 19.0 Å². The molecule has 1 N–H and O–H groups in total. The highest BCUT2D eigenvalue weighted by Crippen LogP contribution is 2.60. The van der Waals surface area contributed by atoms with Crippen molar-refractivity contribution in [2.45, 2.75) is 82.8 Å². The Morgan fingerprint density at radius 3 is 2.00 bits per heavy atom. The van der Waals surface area contributed by atoms with Crippen LogP contribution in [-0.2, 0) is 38.0 Å². The summed E-state index contributed by atoms with van der Waals surface area (Å²) in [6, 6.07) is 21.3. The zero-order valence-electron chi connectivity index (χ0n) is 27.9. The maximum Gasteiger partial charge on any atom is 0.244 e. The number of carbonyl (C=O) groups is 2. The molecule has 4 aliphatic carbocycles. The quantitative estimate of drug-likeness (QED) is 0.213. The fraction of sp³-hybridized carbons (Fsp3) is 0.474. The monoisotopic (exact) mass is 709 g/mol. The highest BCUT2D eigenvalue weighted by Gasteiger charge is 2.51. The van der Waals surface area contributed by atoms with Gasteiger partial charge in [-0.05, 0) is 116 Å². The van der Waals surface area contributed by atoms with Crippen molar-refractivity contribution in [1.29, 1.82) is 0 Å². The van der Waals surface area contributed by atoms with Crippen LogP contribution in [0.25, 0.3) is 0 Å². The standard InChI is InChI=1S/C38H45Cl2N3O4S/c1-25(2)41-37(45)35(19-26-7-5-4-6-8-26)42(23-27-9-14-33(39)34(40)18-27)36(44)24-43(48(3,46)47)32-12-10-31(11-13-32)38-20-28-15-29(21-38)17-30(16-28)22-38/h4-14,18,25,28-30,35H,15-17,19-24H2,1-3H3,(H,41,45). The van der Waals surface area contributed by atoms with Crippen molar-refractivity contribution in [2.75, 3.05) is 17.1 Å². The summed E-state index contributed by atoms with van der Waals surface area (Å²) in [5.74, 6) is 1.54. The minimum atomic E-state index is -3.87. The molecule has 48 heavy (non-hydrogen) atoms. The number of carbonyl (C=O) groups excluding carboxylic acids is 2. The van der Waals surface area contributed by atoms with Crippen LogP contribution >= 0.6 is 23.2 Å². The van der Waals surface area contributed by atoms with E-state index in [1.54, 1.807) is 18.2 Å². The molecule has 4 aliphatic rings. The van der Waals surface area contributed by atoms with Gasteiger partial charge in [-0.25, -0.2) is 8.42 Å². The van der Waals surface area contributed by atoms with Crippen LogP contribution in [0.15, 0.2) is 72.8 Å². The predicted molar refractivity (Wildman–Crippen MR) is 193 cm³/mol. The van der Waals surface area contributed by atoms with Gasteiger partial charge in [-0.15, -0.1) is 0 Å². The van der Waals surface area contributed by atoms with Gasteiger partial charge in [0.05, 0.1) is 22.0 Å². The van der Waals surface area contributed by atoms with Gasteiger partial charge < -0.3 is 10.2 Å². The minimum Gasteiger partial charge on any atom is -0.352 e. The van der Waals surface area contributed by atoms with E-state index in [4.69, 9.17) is 23.2 Å². The number of rotatable bonds is 12. The number of nitrogens with zero attached hydrogens (tertiary/aromatic N) is 2. The molecule has 0 saturated heterocycles. The van der Waals surface area contributed by atoms with Crippen molar-refractivity contribution in [3.8, 4) is 0 Å². The summed E-state index contributed by atoms with van der Waals surface area (Å²) >= 11 is 12.5. The molecule has 1 atom stereocenters. The number of hydrogen-bond acceptors (Lipinski definition) is 4. The van der Waals surface area contributed by atoms with Gasteiger partial charge in [-0.3, -0.25) is 13.9 Å². The highest BCUT2D eigenvalue weighted by atomic mass is 35.5. The van der Waals surface area contributed by atoms with Crippen molar-refractivity contribution >= 4 is 50.7 Å². The Morgan fingerprint density at radius 1 is 0.854 bits per heavy atom. The molecule has 3 aromatic rings. The van der Waals surface area contributed by atoms with Gasteiger partial charge in [0.1, 0.15) is 12.6 Å². The van der Waals surface area contributed by atoms with Gasteiger partial charge >= 0.3 is 0 Å². The fourth-order valence-corrected chi connectivity index (χ4v) is 10.00. The van der Waals surface area contributed by atoms with E-state index < -0.39 is 28.5 Å². The molecule has 0 radical (unpaired) electrons. The lowest BCUT2D eigenvalue weighted by atomic mass is 9.48. The number of halogens is 2. The van der Waals surface area contributed by atoms with Crippen molar-refractivity contribution in [3.05, 3.63) is 99.5 Å². The number of anilines is 1. The van der Waals surface area contributed by atoms with Gasteiger partial charge in [-0.2, -0.15) is 0 Å². The first-order chi connectivity index (χ1) is 22.8. The molecule has 0 aliphatic heterocycles. The minimum absolute atomic E-state index is 0.0291. The molecule has 2 amide bonds. The average Bonchev–Trinajstić information content (AvgIpc) is 3.02. The second-order valence-corrected chi connectivity index (χ2v) is 17.4. The molecule has 3 aromatic carbocycles. The Hall–Kier alpha value is -3.07. The van der Waals surface area contributed by atoms with Gasteiger partial charge in [-0.1, -0.05) is 71.7 Å². The SMILES string of the molecule is CC(C)NC(=O)C(Cc1ccccc1)N(Cc1ccc(Cl)c(Cl)c1)C(=O)CN(c1ccc(C23CC4CC(CC(C4)C2)C3)cc1)S(C)(=O)=O. The van der Waals surface area contributed by atoms with E-state index in [-0.39, 0.29) is 30.3 Å². The van der Waals surface area contributed by atoms with Crippen molar-refractivity contribution in [2.24, 2.45) is 17.8 Å².